The topological polar surface area (TPSA) is 72.1 Å². The summed E-state index contributed by atoms with van der Waals surface area (Å²) in [5, 5.41) is 0. The fraction of sp³-hybridized carbons (Fsp3) is 0.312. The number of aromatic nitrogens is 2. The highest BCUT2D eigenvalue weighted by atomic mass is 16.2. The average molecular weight is 282 g/mol. The van der Waals surface area contributed by atoms with Gasteiger partial charge in [-0.2, -0.15) is 0 Å². The summed E-state index contributed by atoms with van der Waals surface area (Å²) in [4.78, 5) is 22.8. The summed E-state index contributed by atoms with van der Waals surface area (Å²) in [6.07, 6.45) is 4.19. The quantitative estimate of drug-likeness (QED) is 0.927. The number of benzene rings is 1. The van der Waals surface area contributed by atoms with E-state index in [1.807, 2.05) is 35.2 Å². The van der Waals surface area contributed by atoms with E-state index in [0.717, 1.165) is 25.1 Å². The van der Waals surface area contributed by atoms with Crippen molar-refractivity contribution in [2.24, 2.45) is 11.7 Å². The van der Waals surface area contributed by atoms with Gasteiger partial charge in [0.05, 0.1) is 5.56 Å². The Labute approximate surface area is 123 Å². The van der Waals surface area contributed by atoms with Crippen LogP contribution in [-0.4, -0.2) is 40.4 Å². The van der Waals surface area contributed by atoms with Crippen LogP contribution >= 0.6 is 0 Å². The van der Waals surface area contributed by atoms with E-state index < -0.39 is 0 Å². The van der Waals surface area contributed by atoms with E-state index >= 15 is 0 Å². The molecule has 0 unspecified atom stereocenters. The van der Waals surface area contributed by atoms with Gasteiger partial charge >= 0.3 is 0 Å². The molecule has 1 aliphatic heterocycles. The highest BCUT2D eigenvalue weighted by molar-refractivity contribution is 5.93. The van der Waals surface area contributed by atoms with Crippen LogP contribution in [0.15, 0.2) is 42.7 Å². The molecular formula is C16H18N4O. The Morgan fingerprint density at radius 1 is 1.24 bits per heavy atom. The van der Waals surface area contributed by atoms with E-state index in [1.165, 1.54) is 0 Å². The lowest BCUT2D eigenvalue weighted by molar-refractivity contribution is 0.0787. The Bertz CT molecular complexity index is 612. The molecule has 1 aromatic carbocycles. The number of amides is 1. The summed E-state index contributed by atoms with van der Waals surface area (Å²) < 4.78 is 0. The summed E-state index contributed by atoms with van der Waals surface area (Å²) in [5.41, 5.74) is 7.14. The summed E-state index contributed by atoms with van der Waals surface area (Å²) in [6, 6.07) is 9.72. The molecule has 1 amide bonds. The van der Waals surface area contributed by atoms with Crippen molar-refractivity contribution in [1.29, 1.82) is 0 Å². The highest BCUT2D eigenvalue weighted by Crippen LogP contribution is 2.18. The van der Waals surface area contributed by atoms with Crippen molar-refractivity contribution in [3.05, 3.63) is 48.3 Å². The summed E-state index contributed by atoms with van der Waals surface area (Å²) in [6.45, 7) is 2.13. The van der Waals surface area contributed by atoms with Crippen molar-refractivity contribution < 1.29 is 4.79 Å². The SMILES string of the molecule is NC[C@@H]1CCN(C(=O)c2cnc(-c3ccccc3)nc2)C1. The molecule has 21 heavy (non-hydrogen) atoms. The predicted octanol–water partition coefficient (Wildman–Crippen LogP) is 1.56. The van der Waals surface area contributed by atoms with Crippen LogP contribution in [0.25, 0.3) is 11.4 Å². The van der Waals surface area contributed by atoms with Crippen LogP contribution in [0.2, 0.25) is 0 Å². The monoisotopic (exact) mass is 282 g/mol. The Balaban J connectivity index is 1.74. The van der Waals surface area contributed by atoms with E-state index in [4.69, 9.17) is 5.73 Å². The van der Waals surface area contributed by atoms with Crippen LogP contribution in [0.1, 0.15) is 16.8 Å². The Morgan fingerprint density at radius 2 is 1.95 bits per heavy atom. The molecule has 1 atom stereocenters. The number of hydrogen-bond donors (Lipinski definition) is 1. The number of nitrogens with two attached hydrogens (primary N) is 1. The third-order valence-electron chi connectivity index (χ3n) is 3.84. The molecular weight excluding hydrogens is 264 g/mol. The average Bonchev–Trinajstić information content (AvgIpc) is 3.04. The first-order chi connectivity index (χ1) is 10.3. The Kier molecular flexibility index (Phi) is 3.92. The molecule has 5 nitrogen and oxygen atoms in total. The molecule has 0 saturated carbocycles. The Morgan fingerprint density at radius 3 is 2.57 bits per heavy atom. The molecule has 5 heteroatoms. The first-order valence-corrected chi connectivity index (χ1v) is 7.14. The normalized spacial score (nSPS) is 18.0. The van der Waals surface area contributed by atoms with Crippen molar-refractivity contribution >= 4 is 5.91 Å². The van der Waals surface area contributed by atoms with E-state index in [1.54, 1.807) is 12.4 Å². The lowest BCUT2D eigenvalue weighted by atomic mass is 10.1. The van der Waals surface area contributed by atoms with Crippen molar-refractivity contribution in [3.8, 4) is 11.4 Å². The van der Waals surface area contributed by atoms with Gasteiger partial charge in [0.25, 0.3) is 5.91 Å². The summed E-state index contributed by atoms with van der Waals surface area (Å²) in [7, 11) is 0. The van der Waals surface area contributed by atoms with Gasteiger partial charge in [-0.1, -0.05) is 30.3 Å². The smallest absolute Gasteiger partial charge is 0.257 e. The first kappa shape index (κ1) is 13.7. The first-order valence-electron chi connectivity index (χ1n) is 7.14. The number of carbonyl (C=O) groups excluding carboxylic acids is 1. The second-order valence-corrected chi connectivity index (χ2v) is 5.30. The van der Waals surface area contributed by atoms with Gasteiger partial charge < -0.3 is 10.6 Å². The molecule has 3 rings (SSSR count). The fourth-order valence-electron chi connectivity index (χ4n) is 2.57. The number of hydrogen-bond acceptors (Lipinski definition) is 4. The minimum absolute atomic E-state index is 0.00874. The summed E-state index contributed by atoms with van der Waals surface area (Å²) in [5.74, 6) is 1.04. The third-order valence-corrected chi connectivity index (χ3v) is 3.84. The van der Waals surface area contributed by atoms with Crippen molar-refractivity contribution in [2.45, 2.75) is 6.42 Å². The van der Waals surface area contributed by atoms with Gasteiger partial charge in [0.2, 0.25) is 0 Å². The maximum Gasteiger partial charge on any atom is 0.257 e. The van der Waals surface area contributed by atoms with E-state index in [0.29, 0.717) is 23.9 Å². The highest BCUT2D eigenvalue weighted by Gasteiger charge is 2.26. The number of rotatable bonds is 3. The minimum atomic E-state index is -0.00874. The Hall–Kier alpha value is -2.27. The van der Waals surface area contributed by atoms with Crippen molar-refractivity contribution in [3.63, 3.8) is 0 Å². The molecule has 0 spiro atoms. The molecule has 2 aromatic rings. The van der Waals surface area contributed by atoms with E-state index in [9.17, 15) is 4.79 Å². The number of likely N-dealkylation sites (tertiary alicyclic amines) is 1. The van der Waals surface area contributed by atoms with Gasteiger partial charge in [-0.3, -0.25) is 4.79 Å². The molecule has 2 N–H and O–H groups in total. The lowest BCUT2D eigenvalue weighted by Gasteiger charge is -2.15. The largest absolute Gasteiger partial charge is 0.338 e. The molecule has 0 aliphatic carbocycles. The number of nitrogens with zero attached hydrogens (tertiary/aromatic N) is 3. The zero-order valence-electron chi connectivity index (χ0n) is 11.8. The lowest BCUT2D eigenvalue weighted by Crippen LogP contribution is -2.30. The summed E-state index contributed by atoms with van der Waals surface area (Å²) >= 11 is 0. The predicted molar refractivity (Wildman–Crippen MR) is 80.5 cm³/mol. The van der Waals surface area contributed by atoms with Gasteiger partial charge in [0.1, 0.15) is 0 Å². The van der Waals surface area contributed by atoms with E-state index in [-0.39, 0.29) is 5.91 Å². The van der Waals surface area contributed by atoms with Crippen LogP contribution in [0, 0.1) is 5.92 Å². The molecule has 1 fully saturated rings. The van der Waals surface area contributed by atoms with Crippen LogP contribution in [0.4, 0.5) is 0 Å². The van der Waals surface area contributed by atoms with Crippen molar-refractivity contribution in [2.75, 3.05) is 19.6 Å². The van der Waals surface area contributed by atoms with Gasteiger partial charge in [-0.05, 0) is 18.9 Å². The van der Waals surface area contributed by atoms with Crippen LogP contribution in [0.3, 0.4) is 0 Å². The minimum Gasteiger partial charge on any atom is -0.338 e. The van der Waals surface area contributed by atoms with Gasteiger partial charge in [-0.15, -0.1) is 0 Å². The molecule has 1 aromatic heterocycles. The molecule has 0 radical (unpaired) electrons. The third kappa shape index (κ3) is 2.92. The van der Waals surface area contributed by atoms with Gasteiger partial charge in [-0.25, -0.2) is 9.97 Å². The van der Waals surface area contributed by atoms with Crippen LogP contribution in [-0.2, 0) is 0 Å². The molecule has 1 aliphatic rings. The molecule has 2 heterocycles. The zero-order chi connectivity index (χ0) is 14.7. The second-order valence-electron chi connectivity index (χ2n) is 5.30. The number of carbonyl (C=O) groups is 1. The molecule has 0 bridgehead atoms. The molecule has 108 valence electrons. The second kappa shape index (κ2) is 6.01. The van der Waals surface area contributed by atoms with Crippen molar-refractivity contribution in [1.82, 2.24) is 14.9 Å². The van der Waals surface area contributed by atoms with Crippen LogP contribution < -0.4 is 5.73 Å². The van der Waals surface area contributed by atoms with Crippen LogP contribution in [0.5, 0.6) is 0 Å². The zero-order valence-corrected chi connectivity index (χ0v) is 11.8. The van der Waals surface area contributed by atoms with E-state index in [2.05, 4.69) is 9.97 Å². The maximum absolute atomic E-state index is 12.4. The van der Waals surface area contributed by atoms with Gasteiger partial charge in [0.15, 0.2) is 5.82 Å². The molecule has 1 saturated heterocycles. The van der Waals surface area contributed by atoms with Gasteiger partial charge in [0, 0.05) is 31.0 Å². The fourth-order valence-corrected chi connectivity index (χ4v) is 2.57. The standard InChI is InChI=1S/C16H18N4O/c17-8-12-6-7-20(11-12)16(21)14-9-18-15(19-10-14)13-4-2-1-3-5-13/h1-5,9-10,12H,6-8,11,17H2/t12-/m0/s1. The maximum atomic E-state index is 12.4.